The molecule has 3 heteroatoms. The van der Waals surface area contributed by atoms with Crippen molar-refractivity contribution in [2.24, 2.45) is 5.41 Å². The Bertz CT molecular complexity index is 440. The van der Waals surface area contributed by atoms with Gasteiger partial charge in [0.25, 0.3) is 0 Å². The van der Waals surface area contributed by atoms with Crippen molar-refractivity contribution in [1.29, 1.82) is 0 Å². The van der Waals surface area contributed by atoms with Gasteiger partial charge in [-0.05, 0) is 41.5 Å². The standard InChI is InChI=1S/C17H24O2S/c1-5-19-14(13-16(18)17(2,3)4)11-12-20-15-9-7-6-8-10-15/h6-10,14,16,18H,5,13H2,1-4H3/t14-,16-/m0/s1. The van der Waals surface area contributed by atoms with Gasteiger partial charge in [-0.2, -0.15) is 0 Å². The van der Waals surface area contributed by atoms with Gasteiger partial charge in [-0.1, -0.05) is 44.9 Å². The van der Waals surface area contributed by atoms with Crippen LogP contribution in [-0.2, 0) is 4.74 Å². The van der Waals surface area contributed by atoms with Gasteiger partial charge in [-0.15, -0.1) is 0 Å². The average Bonchev–Trinajstić information content (AvgIpc) is 2.39. The molecule has 0 aliphatic heterocycles. The monoisotopic (exact) mass is 292 g/mol. The molecule has 1 rings (SSSR count). The van der Waals surface area contributed by atoms with Crippen molar-refractivity contribution in [2.75, 3.05) is 6.61 Å². The van der Waals surface area contributed by atoms with Crippen LogP contribution in [0.5, 0.6) is 0 Å². The fourth-order valence-corrected chi connectivity index (χ4v) is 2.17. The first-order valence-electron chi connectivity index (χ1n) is 6.95. The minimum atomic E-state index is -0.421. The van der Waals surface area contributed by atoms with E-state index in [2.05, 4.69) is 11.2 Å². The van der Waals surface area contributed by atoms with Crippen molar-refractivity contribution < 1.29 is 9.84 Å². The summed E-state index contributed by atoms with van der Waals surface area (Å²) < 4.78 is 5.60. The molecule has 2 atom stereocenters. The minimum absolute atomic E-state index is 0.149. The van der Waals surface area contributed by atoms with E-state index in [1.54, 1.807) is 0 Å². The number of hydrogen-bond acceptors (Lipinski definition) is 3. The second kappa shape index (κ2) is 8.36. The normalized spacial score (nSPS) is 14.2. The molecule has 110 valence electrons. The van der Waals surface area contributed by atoms with Crippen LogP contribution in [0.15, 0.2) is 35.2 Å². The van der Waals surface area contributed by atoms with Crippen molar-refractivity contribution in [3.8, 4) is 11.2 Å². The summed E-state index contributed by atoms with van der Waals surface area (Å²) in [5.74, 6) is 3.10. The number of aliphatic hydroxyl groups excluding tert-OH is 1. The summed E-state index contributed by atoms with van der Waals surface area (Å²) in [5.41, 5.74) is -0.149. The van der Waals surface area contributed by atoms with E-state index in [0.717, 1.165) is 4.90 Å². The molecule has 0 unspecified atom stereocenters. The van der Waals surface area contributed by atoms with Crippen molar-refractivity contribution in [3.63, 3.8) is 0 Å². The quantitative estimate of drug-likeness (QED) is 0.658. The van der Waals surface area contributed by atoms with Crippen LogP contribution in [0.2, 0.25) is 0 Å². The van der Waals surface area contributed by atoms with Gasteiger partial charge in [0.05, 0.1) is 6.10 Å². The summed E-state index contributed by atoms with van der Waals surface area (Å²) in [6.45, 7) is 8.61. The predicted octanol–water partition coefficient (Wildman–Crippen LogP) is 3.94. The van der Waals surface area contributed by atoms with Gasteiger partial charge >= 0.3 is 0 Å². The fraction of sp³-hybridized carbons (Fsp3) is 0.529. The van der Waals surface area contributed by atoms with Gasteiger partial charge in [0, 0.05) is 17.9 Å². The molecule has 1 N–H and O–H groups in total. The Kier molecular flexibility index (Phi) is 7.15. The first kappa shape index (κ1) is 17.1. The van der Waals surface area contributed by atoms with Crippen LogP contribution in [0.25, 0.3) is 0 Å². The molecule has 1 aromatic carbocycles. The van der Waals surface area contributed by atoms with Gasteiger partial charge in [0.1, 0.15) is 6.10 Å². The number of hydrogen-bond donors (Lipinski definition) is 1. The smallest absolute Gasteiger partial charge is 0.121 e. The highest BCUT2D eigenvalue weighted by Gasteiger charge is 2.25. The van der Waals surface area contributed by atoms with Crippen LogP contribution in [0.3, 0.4) is 0 Å². The maximum Gasteiger partial charge on any atom is 0.121 e. The molecule has 0 saturated heterocycles. The Morgan fingerprint density at radius 3 is 2.45 bits per heavy atom. The summed E-state index contributed by atoms with van der Waals surface area (Å²) in [7, 11) is 0. The Morgan fingerprint density at radius 2 is 1.90 bits per heavy atom. The zero-order valence-corrected chi connectivity index (χ0v) is 13.5. The van der Waals surface area contributed by atoms with Crippen molar-refractivity contribution >= 4 is 11.8 Å². The molecule has 20 heavy (non-hydrogen) atoms. The molecule has 0 fully saturated rings. The maximum atomic E-state index is 10.1. The Hall–Kier alpha value is -0.950. The molecule has 1 aromatic rings. The molecule has 0 spiro atoms. The van der Waals surface area contributed by atoms with Crippen LogP contribution >= 0.6 is 11.8 Å². The summed E-state index contributed by atoms with van der Waals surface area (Å²) in [6.07, 6.45) is -0.0971. The van der Waals surface area contributed by atoms with Crippen LogP contribution in [0.1, 0.15) is 34.1 Å². The SMILES string of the molecule is CCO[C@@H](C#CSc1ccccc1)C[C@H](O)C(C)(C)C. The topological polar surface area (TPSA) is 29.5 Å². The number of benzene rings is 1. The van der Waals surface area contributed by atoms with Crippen LogP contribution in [-0.4, -0.2) is 23.9 Å². The van der Waals surface area contributed by atoms with E-state index in [1.807, 2.05) is 58.0 Å². The van der Waals surface area contributed by atoms with E-state index in [-0.39, 0.29) is 11.5 Å². The Balaban J connectivity index is 2.59. The van der Waals surface area contributed by atoms with Crippen LogP contribution < -0.4 is 0 Å². The van der Waals surface area contributed by atoms with Crippen molar-refractivity contribution in [3.05, 3.63) is 30.3 Å². The molecular weight excluding hydrogens is 268 g/mol. The number of aliphatic hydroxyl groups is 1. The second-order valence-corrected chi connectivity index (χ2v) is 6.60. The summed E-state index contributed by atoms with van der Waals surface area (Å²) in [5, 5.41) is 13.2. The maximum absolute atomic E-state index is 10.1. The van der Waals surface area contributed by atoms with E-state index in [0.29, 0.717) is 13.0 Å². The van der Waals surface area contributed by atoms with E-state index < -0.39 is 6.10 Å². The highest BCUT2D eigenvalue weighted by atomic mass is 32.2. The molecule has 0 heterocycles. The summed E-state index contributed by atoms with van der Waals surface area (Å²) >= 11 is 1.49. The first-order chi connectivity index (χ1) is 9.43. The average molecular weight is 292 g/mol. The predicted molar refractivity (Wildman–Crippen MR) is 85.6 cm³/mol. The molecule has 0 aliphatic carbocycles. The third-order valence-corrected chi connectivity index (χ3v) is 3.66. The lowest BCUT2D eigenvalue weighted by Gasteiger charge is -2.27. The Morgan fingerprint density at radius 1 is 1.25 bits per heavy atom. The second-order valence-electron chi connectivity index (χ2n) is 5.72. The molecule has 0 bridgehead atoms. The first-order valence-corrected chi connectivity index (χ1v) is 7.77. The summed E-state index contributed by atoms with van der Waals surface area (Å²) in [4.78, 5) is 1.12. The molecule has 0 saturated carbocycles. The molecular formula is C17H24O2S. The van der Waals surface area contributed by atoms with Crippen LogP contribution in [0, 0.1) is 16.6 Å². The van der Waals surface area contributed by atoms with Gasteiger partial charge in [0.2, 0.25) is 0 Å². The highest BCUT2D eigenvalue weighted by molar-refractivity contribution is 8.03. The summed E-state index contributed by atoms with van der Waals surface area (Å²) in [6, 6.07) is 10.0. The largest absolute Gasteiger partial charge is 0.392 e. The number of rotatable bonds is 5. The lowest BCUT2D eigenvalue weighted by atomic mass is 9.86. The van der Waals surface area contributed by atoms with Crippen molar-refractivity contribution in [2.45, 2.75) is 51.2 Å². The van der Waals surface area contributed by atoms with Gasteiger partial charge in [0.15, 0.2) is 0 Å². The molecule has 0 aromatic heterocycles. The van der Waals surface area contributed by atoms with Gasteiger partial charge in [-0.25, -0.2) is 0 Å². The van der Waals surface area contributed by atoms with Crippen molar-refractivity contribution in [1.82, 2.24) is 0 Å². The van der Waals surface area contributed by atoms with E-state index in [4.69, 9.17) is 4.74 Å². The number of ether oxygens (including phenoxy) is 1. The zero-order chi connectivity index (χ0) is 15.0. The third-order valence-electron chi connectivity index (χ3n) is 2.94. The number of thioether (sulfide) groups is 1. The third kappa shape index (κ3) is 6.47. The lowest BCUT2D eigenvalue weighted by Crippen LogP contribution is -2.30. The van der Waals surface area contributed by atoms with Gasteiger partial charge < -0.3 is 9.84 Å². The van der Waals surface area contributed by atoms with E-state index >= 15 is 0 Å². The highest BCUT2D eigenvalue weighted by Crippen LogP contribution is 2.23. The molecule has 0 amide bonds. The van der Waals surface area contributed by atoms with Crippen LogP contribution in [0.4, 0.5) is 0 Å². The minimum Gasteiger partial charge on any atom is -0.392 e. The van der Waals surface area contributed by atoms with Gasteiger partial charge in [-0.3, -0.25) is 0 Å². The lowest BCUT2D eigenvalue weighted by molar-refractivity contribution is 0.00421. The fourth-order valence-electron chi connectivity index (χ4n) is 1.57. The zero-order valence-electron chi connectivity index (χ0n) is 12.7. The molecule has 2 nitrogen and oxygen atoms in total. The Labute approximate surface area is 126 Å². The van der Waals surface area contributed by atoms with E-state index in [1.165, 1.54) is 11.8 Å². The van der Waals surface area contributed by atoms with E-state index in [9.17, 15) is 5.11 Å². The molecule has 0 radical (unpaired) electrons. The molecule has 0 aliphatic rings.